The molecule has 3 N–H and O–H groups in total. The second-order valence-corrected chi connectivity index (χ2v) is 5.59. The summed E-state index contributed by atoms with van der Waals surface area (Å²) in [4.78, 5) is 19.9. The fourth-order valence-corrected chi connectivity index (χ4v) is 2.41. The molecule has 0 aliphatic carbocycles. The van der Waals surface area contributed by atoms with Gasteiger partial charge in [0.2, 0.25) is 10.0 Å². The molecule has 0 aromatic heterocycles. The second-order valence-electron chi connectivity index (χ2n) is 3.82. The predicted octanol–water partition coefficient (Wildman–Crippen LogP) is -0.322. The number of ether oxygens (including phenoxy) is 1. The zero-order valence-electron chi connectivity index (χ0n) is 10.7. The Morgan fingerprint density at radius 1 is 1.52 bits per heavy atom. The maximum absolute atomic E-state index is 11.9. The van der Waals surface area contributed by atoms with Crippen LogP contribution in [0.2, 0.25) is 0 Å². The van der Waals surface area contributed by atoms with E-state index in [0.29, 0.717) is 6.07 Å². The van der Waals surface area contributed by atoms with Crippen molar-refractivity contribution >= 4 is 21.7 Å². The summed E-state index contributed by atoms with van der Waals surface area (Å²) in [6.45, 7) is -0.553. The smallest absolute Gasteiger partial charge is 0.334 e. The van der Waals surface area contributed by atoms with Gasteiger partial charge in [0.1, 0.15) is 0 Å². The van der Waals surface area contributed by atoms with Crippen molar-refractivity contribution in [2.24, 2.45) is 0 Å². The third kappa shape index (κ3) is 4.11. The Morgan fingerprint density at radius 2 is 2.14 bits per heavy atom. The Labute approximate surface area is 119 Å². The number of nitro benzene ring substituents is 1. The molecule has 21 heavy (non-hydrogen) atoms. The van der Waals surface area contributed by atoms with Crippen LogP contribution < -0.4 is 4.72 Å². The SMILES string of the molecule is COC(CNS(=O)(=O)c1ccc(O)c([N+](=O)[O-])c1)C(=O)O. The summed E-state index contributed by atoms with van der Waals surface area (Å²) < 4.78 is 30.3. The number of nitrogens with one attached hydrogen (secondary N) is 1. The molecule has 1 rings (SSSR count). The molecule has 1 aromatic rings. The molecule has 0 saturated carbocycles. The van der Waals surface area contributed by atoms with Crippen molar-refractivity contribution in [1.29, 1.82) is 0 Å². The summed E-state index contributed by atoms with van der Waals surface area (Å²) in [5.74, 6) is -2.05. The van der Waals surface area contributed by atoms with Gasteiger partial charge < -0.3 is 14.9 Å². The molecule has 0 radical (unpaired) electrons. The highest BCUT2D eigenvalue weighted by atomic mass is 32.2. The number of hydrogen-bond donors (Lipinski definition) is 3. The van der Waals surface area contributed by atoms with E-state index in [1.54, 1.807) is 0 Å². The van der Waals surface area contributed by atoms with Crippen LogP contribution in [-0.2, 0) is 19.6 Å². The van der Waals surface area contributed by atoms with Gasteiger partial charge in [-0.25, -0.2) is 17.9 Å². The lowest BCUT2D eigenvalue weighted by Gasteiger charge is -2.12. The van der Waals surface area contributed by atoms with Crippen LogP contribution in [0, 0.1) is 10.1 Å². The Balaban J connectivity index is 3.01. The topological polar surface area (TPSA) is 156 Å². The van der Waals surface area contributed by atoms with E-state index in [4.69, 9.17) is 5.11 Å². The third-order valence-corrected chi connectivity index (χ3v) is 3.89. The number of carboxylic acid groups (broad SMARTS) is 1. The van der Waals surface area contributed by atoms with Crippen LogP contribution in [0.25, 0.3) is 0 Å². The first-order valence-electron chi connectivity index (χ1n) is 5.41. The van der Waals surface area contributed by atoms with Gasteiger partial charge in [-0.05, 0) is 12.1 Å². The van der Waals surface area contributed by atoms with Crippen molar-refractivity contribution in [2.45, 2.75) is 11.0 Å². The fraction of sp³-hybridized carbons (Fsp3) is 0.300. The fourth-order valence-electron chi connectivity index (χ4n) is 1.36. The van der Waals surface area contributed by atoms with Crippen molar-refractivity contribution in [3.05, 3.63) is 28.3 Å². The molecule has 0 fully saturated rings. The van der Waals surface area contributed by atoms with Gasteiger partial charge in [-0.15, -0.1) is 0 Å². The Bertz CT molecular complexity index is 657. The molecule has 0 amide bonds. The molecule has 0 aliphatic heterocycles. The molecule has 0 spiro atoms. The number of carboxylic acids is 1. The van der Waals surface area contributed by atoms with Crippen LogP contribution in [0.3, 0.4) is 0 Å². The van der Waals surface area contributed by atoms with Gasteiger partial charge >= 0.3 is 11.7 Å². The van der Waals surface area contributed by atoms with Crippen LogP contribution in [0.1, 0.15) is 0 Å². The number of nitrogens with zero attached hydrogens (tertiary/aromatic N) is 1. The number of nitro groups is 1. The highest BCUT2D eigenvalue weighted by molar-refractivity contribution is 7.89. The number of phenols is 1. The van der Waals surface area contributed by atoms with Crippen LogP contribution in [-0.4, -0.2) is 49.3 Å². The molecule has 1 aromatic carbocycles. The molecule has 1 atom stereocenters. The summed E-state index contributed by atoms with van der Waals surface area (Å²) in [6.07, 6.45) is -1.40. The van der Waals surface area contributed by atoms with Crippen molar-refractivity contribution in [3.8, 4) is 5.75 Å². The largest absolute Gasteiger partial charge is 0.502 e. The zero-order valence-corrected chi connectivity index (χ0v) is 11.5. The first-order valence-corrected chi connectivity index (χ1v) is 6.90. The Morgan fingerprint density at radius 3 is 2.62 bits per heavy atom. The number of sulfonamides is 1. The van der Waals surface area contributed by atoms with Crippen LogP contribution in [0.5, 0.6) is 5.75 Å². The number of carbonyl (C=O) groups is 1. The van der Waals surface area contributed by atoms with Gasteiger partial charge in [-0.1, -0.05) is 0 Å². The van der Waals surface area contributed by atoms with E-state index in [0.717, 1.165) is 19.2 Å². The van der Waals surface area contributed by atoms with E-state index in [2.05, 4.69) is 4.74 Å². The monoisotopic (exact) mass is 320 g/mol. The van der Waals surface area contributed by atoms with Crippen LogP contribution in [0.15, 0.2) is 23.1 Å². The number of aromatic hydroxyl groups is 1. The van der Waals surface area contributed by atoms with Crippen molar-refractivity contribution in [2.75, 3.05) is 13.7 Å². The maximum atomic E-state index is 11.9. The first-order chi connectivity index (χ1) is 9.69. The minimum Gasteiger partial charge on any atom is -0.502 e. The van der Waals surface area contributed by atoms with Gasteiger partial charge in [0, 0.05) is 19.7 Å². The lowest BCUT2D eigenvalue weighted by molar-refractivity contribution is -0.386. The quantitative estimate of drug-likeness (QED) is 0.455. The predicted molar refractivity (Wildman–Crippen MR) is 68.4 cm³/mol. The molecule has 10 nitrogen and oxygen atoms in total. The molecule has 0 saturated heterocycles. The maximum Gasteiger partial charge on any atom is 0.334 e. The number of phenolic OH excluding ortho intramolecular Hbond substituents is 1. The molecule has 11 heteroatoms. The average Bonchev–Trinajstić information content (AvgIpc) is 2.38. The van der Waals surface area contributed by atoms with E-state index >= 15 is 0 Å². The number of aliphatic carboxylic acids is 1. The summed E-state index contributed by atoms with van der Waals surface area (Å²) in [7, 11) is -3.08. The minimum atomic E-state index is -4.18. The van der Waals surface area contributed by atoms with Crippen LogP contribution in [0.4, 0.5) is 5.69 Å². The molecule has 1 unspecified atom stereocenters. The summed E-state index contributed by atoms with van der Waals surface area (Å²) in [6, 6.07) is 2.48. The van der Waals surface area contributed by atoms with Crippen LogP contribution >= 0.6 is 0 Å². The molecular formula is C10H12N2O8S. The summed E-state index contributed by atoms with van der Waals surface area (Å²) in [5.41, 5.74) is -0.778. The summed E-state index contributed by atoms with van der Waals surface area (Å²) >= 11 is 0. The van der Waals surface area contributed by atoms with E-state index in [1.807, 2.05) is 4.72 Å². The van der Waals surface area contributed by atoms with Gasteiger partial charge in [-0.2, -0.15) is 0 Å². The highest BCUT2D eigenvalue weighted by Crippen LogP contribution is 2.28. The van der Waals surface area contributed by atoms with E-state index in [1.165, 1.54) is 0 Å². The molecule has 0 heterocycles. The number of rotatable bonds is 7. The Kier molecular flexibility index (Phi) is 5.18. The van der Waals surface area contributed by atoms with Gasteiger partial charge in [0.15, 0.2) is 11.9 Å². The summed E-state index contributed by atoms with van der Waals surface area (Å²) in [5, 5.41) is 28.6. The minimum absolute atomic E-state index is 0.479. The lowest BCUT2D eigenvalue weighted by Crippen LogP contribution is -2.37. The second kappa shape index (κ2) is 6.47. The molecule has 0 aliphatic rings. The van der Waals surface area contributed by atoms with Gasteiger partial charge in [0.25, 0.3) is 0 Å². The first kappa shape index (κ1) is 16.8. The van der Waals surface area contributed by atoms with Crippen molar-refractivity contribution in [3.63, 3.8) is 0 Å². The van der Waals surface area contributed by atoms with Crippen molar-refractivity contribution in [1.82, 2.24) is 4.72 Å². The average molecular weight is 320 g/mol. The van der Waals surface area contributed by atoms with Gasteiger partial charge in [0.05, 0.1) is 9.82 Å². The lowest BCUT2D eigenvalue weighted by atomic mass is 10.3. The van der Waals surface area contributed by atoms with E-state index < -0.39 is 49.9 Å². The Hall–Kier alpha value is -2.24. The number of benzene rings is 1. The van der Waals surface area contributed by atoms with E-state index in [-0.39, 0.29) is 0 Å². The molecule has 116 valence electrons. The zero-order chi connectivity index (χ0) is 16.2. The third-order valence-electron chi connectivity index (χ3n) is 2.47. The molecule has 0 bridgehead atoms. The molecular weight excluding hydrogens is 308 g/mol. The number of methoxy groups -OCH3 is 1. The standard InChI is InChI=1S/C10H12N2O8S/c1-20-9(10(14)15)5-11-21(18,19)6-2-3-8(13)7(4-6)12(16)17/h2-4,9,11,13H,5H2,1H3,(H,14,15). The van der Waals surface area contributed by atoms with E-state index in [9.17, 15) is 28.4 Å². The van der Waals surface area contributed by atoms with Gasteiger partial charge in [-0.3, -0.25) is 10.1 Å². The normalized spacial score (nSPS) is 12.8. The highest BCUT2D eigenvalue weighted by Gasteiger charge is 2.24. The van der Waals surface area contributed by atoms with Crippen molar-refractivity contribution < 1.29 is 33.1 Å². The number of hydrogen-bond acceptors (Lipinski definition) is 7.